The van der Waals surface area contributed by atoms with Crippen molar-refractivity contribution in [3.63, 3.8) is 0 Å². The molecule has 0 heterocycles. The van der Waals surface area contributed by atoms with E-state index in [-0.39, 0.29) is 5.91 Å². The van der Waals surface area contributed by atoms with E-state index in [1.165, 1.54) is 0 Å². The molecule has 0 unspecified atom stereocenters. The van der Waals surface area contributed by atoms with Crippen LogP contribution in [-0.4, -0.2) is 18.1 Å². The van der Waals surface area contributed by atoms with Gasteiger partial charge >= 0.3 is 0 Å². The van der Waals surface area contributed by atoms with Gasteiger partial charge in [-0.15, -0.1) is 0 Å². The average molecular weight is 307 g/mol. The van der Waals surface area contributed by atoms with Gasteiger partial charge in [0.15, 0.2) is 0 Å². The molecule has 5 heteroatoms. The summed E-state index contributed by atoms with van der Waals surface area (Å²) in [6.45, 7) is 0.467. The number of hydrogen-bond acceptors (Lipinski definition) is 3. The Morgan fingerprint density at radius 3 is 2.62 bits per heavy atom. The van der Waals surface area contributed by atoms with Gasteiger partial charge in [-0.2, -0.15) is 5.26 Å². The van der Waals surface area contributed by atoms with Crippen LogP contribution in [0.5, 0.6) is 5.75 Å². The van der Waals surface area contributed by atoms with Crippen LogP contribution >= 0.6 is 11.6 Å². The third-order valence-corrected chi connectivity index (χ3v) is 3.93. The summed E-state index contributed by atoms with van der Waals surface area (Å²) >= 11 is 5.79. The molecular formula is C16H19ClN2O2. The number of ether oxygens (including phenoxy) is 1. The van der Waals surface area contributed by atoms with Crippen LogP contribution in [0.4, 0.5) is 0 Å². The van der Waals surface area contributed by atoms with Gasteiger partial charge in [0, 0.05) is 11.4 Å². The molecule has 21 heavy (non-hydrogen) atoms. The first-order chi connectivity index (χ1) is 10.1. The molecular weight excluding hydrogens is 288 g/mol. The minimum atomic E-state index is -0.631. The van der Waals surface area contributed by atoms with Crippen molar-refractivity contribution in [2.45, 2.75) is 44.1 Å². The van der Waals surface area contributed by atoms with Crippen LogP contribution in [0.15, 0.2) is 24.3 Å². The quantitative estimate of drug-likeness (QED) is 0.819. The fraction of sp³-hybridized carbons (Fsp3) is 0.500. The number of nitrogens with one attached hydrogen (secondary N) is 1. The molecule has 1 fully saturated rings. The lowest BCUT2D eigenvalue weighted by molar-refractivity contribution is -0.122. The molecule has 112 valence electrons. The molecule has 0 spiro atoms. The minimum Gasteiger partial charge on any atom is -0.494 e. The number of carbonyl (C=O) groups excluding carboxylic acids is 1. The highest BCUT2D eigenvalue weighted by Crippen LogP contribution is 2.28. The van der Waals surface area contributed by atoms with E-state index >= 15 is 0 Å². The molecule has 1 aliphatic rings. The van der Waals surface area contributed by atoms with E-state index < -0.39 is 5.54 Å². The predicted octanol–water partition coefficient (Wildman–Crippen LogP) is 3.45. The van der Waals surface area contributed by atoms with Gasteiger partial charge in [0.05, 0.1) is 12.7 Å². The lowest BCUT2D eigenvalue weighted by Gasteiger charge is -2.21. The van der Waals surface area contributed by atoms with E-state index in [0.717, 1.165) is 31.4 Å². The van der Waals surface area contributed by atoms with Crippen molar-refractivity contribution in [1.29, 1.82) is 5.26 Å². The summed E-state index contributed by atoms with van der Waals surface area (Å²) in [5, 5.41) is 12.7. The van der Waals surface area contributed by atoms with E-state index in [1.54, 1.807) is 24.3 Å². The van der Waals surface area contributed by atoms with E-state index in [0.29, 0.717) is 24.5 Å². The second-order valence-electron chi connectivity index (χ2n) is 5.36. The summed E-state index contributed by atoms with van der Waals surface area (Å²) < 4.78 is 5.53. The highest BCUT2D eigenvalue weighted by atomic mass is 35.5. The Hall–Kier alpha value is -1.73. The first kappa shape index (κ1) is 15.7. The van der Waals surface area contributed by atoms with Gasteiger partial charge in [-0.25, -0.2) is 0 Å². The Morgan fingerprint density at radius 1 is 1.33 bits per heavy atom. The van der Waals surface area contributed by atoms with E-state index in [9.17, 15) is 10.1 Å². The van der Waals surface area contributed by atoms with Crippen molar-refractivity contribution in [2.75, 3.05) is 6.61 Å². The molecule has 4 nitrogen and oxygen atoms in total. The molecule has 0 aliphatic heterocycles. The lowest BCUT2D eigenvalue weighted by Crippen LogP contribution is -2.45. The zero-order valence-corrected chi connectivity index (χ0v) is 12.7. The third-order valence-electron chi connectivity index (χ3n) is 3.68. The van der Waals surface area contributed by atoms with Gasteiger partial charge < -0.3 is 10.1 Å². The number of nitriles is 1. The summed E-state index contributed by atoms with van der Waals surface area (Å²) in [4.78, 5) is 11.9. The van der Waals surface area contributed by atoms with Crippen LogP contribution in [0.2, 0.25) is 5.02 Å². The Bertz CT molecular complexity index is 516. The number of carbonyl (C=O) groups is 1. The summed E-state index contributed by atoms with van der Waals surface area (Å²) in [5.74, 6) is 0.669. The molecule has 1 amide bonds. The minimum absolute atomic E-state index is 0.0712. The molecule has 0 aromatic heterocycles. The molecule has 1 aromatic rings. The average Bonchev–Trinajstić information content (AvgIpc) is 2.94. The number of hydrogen-bond donors (Lipinski definition) is 1. The van der Waals surface area contributed by atoms with Crippen LogP contribution in [0.3, 0.4) is 0 Å². The van der Waals surface area contributed by atoms with E-state index in [4.69, 9.17) is 16.3 Å². The molecule has 0 bridgehead atoms. The second kappa shape index (κ2) is 7.33. The first-order valence-electron chi connectivity index (χ1n) is 7.24. The van der Waals surface area contributed by atoms with Crippen LogP contribution in [0.25, 0.3) is 0 Å². The zero-order valence-electron chi connectivity index (χ0n) is 11.9. The topological polar surface area (TPSA) is 62.1 Å². The molecule has 1 aromatic carbocycles. The highest BCUT2D eigenvalue weighted by molar-refractivity contribution is 6.30. The van der Waals surface area contributed by atoms with Crippen LogP contribution < -0.4 is 10.1 Å². The number of rotatable bonds is 6. The maximum absolute atomic E-state index is 11.9. The van der Waals surface area contributed by atoms with Crippen molar-refractivity contribution in [3.8, 4) is 11.8 Å². The number of benzene rings is 1. The SMILES string of the molecule is N#CC1(NC(=O)CCCOc2ccc(Cl)cc2)CCCC1. The van der Waals surface area contributed by atoms with Crippen molar-refractivity contribution >= 4 is 17.5 Å². The third kappa shape index (κ3) is 4.64. The fourth-order valence-corrected chi connectivity index (χ4v) is 2.65. The number of halogens is 1. The standard InChI is InChI=1S/C16H19ClN2O2/c17-13-5-7-14(8-6-13)21-11-3-4-15(20)19-16(12-18)9-1-2-10-16/h5-8H,1-4,9-11H2,(H,19,20). The van der Waals surface area contributed by atoms with E-state index in [2.05, 4.69) is 11.4 Å². The summed E-state index contributed by atoms with van der Waals surface area (Å²) in [6.07, 6.45) is 4.53. The number of nitrogens with zero attached hydrogens (tertiary/aromatic N) is 1. The zero-order chi connectivity index (χ0) is 15.1. The summed E-state index contributed by atoms with van der Waals surface area (Å²) in [5.41, 5.74) is -0.631. The van der Waals surface area contributed by atoms with Gasteiger partial charge in [-0.1, -0.05) is 11.6 Å². The normalized spacial score (nSPS) is 16.2. The van der Waals surface area contributed by atoms with Crippen molar-refractivity contribution in [3.05, 3.63) is 29.3 Å². The maximum Gasteiger partial charge on any atom is 0.221 e. The molecule has 0 atom stereocenters. The van der Waals surface area contributed by atoms with Gasteiger partial charge in [0.25, 0.3) is 0 Å². The van der Waals surface area contributed by atoms with Gasteiger partial charge in [0.1, 0.15) is 11.3 Å². The first-order valence-corrected chi connectivity index (χ1v) is 7.62. The van der Waals surface area contributed by atoms with Gasteiger partial charge in [-0.3, -0.25) is 4.79 Å². The molecule has 0 saturated heterocycles. The summed E-state index contributed by atoms with van der Waals surface area (Å²) in [6, 6.07) is 9.38. The Kier molecular flexibility index (Phi) is 5.46. The predicted molar refractivity (Wildman–Crippen MR) is 81.1 cm³/mol. The van der Waals surface area contributed by atoms with E-state index in [1.807, 2.05) is 0 Å². The van der Waals surface area contributed by atoms with Crippen molar-refractivity contribution in [2.24, 2.45) is 0 Å². The van der Waals surface area contributed by atoms with Crippen LogP contribution in [-0.2, 0) is 4.79 Å². The Labute approximate surface area is 130 Å². The summed E-state index contributed by atoms with van der Waals surface area (Å²) in [7, 11) is 0. The lowest BCUT2D eigenvalue weighted by atomic mass is 9.99. The van der Waals surface area contributed by atoms with Crippen molar-refractivity contribution < 1.29 is 9.53 Å². The van der Waals surface area contributed by atoms with Crippen molar-refractivity contribution in [1.82, 2.24) is 5.32 Å². The highest BCUT2D eigenvalue weighted by Gasteiger charge is 2.34. The van der Waals surface area contributed by atoms with Crippen LogP contribution in [0, 0.1) is 11.3 Å². The largest absolute Gasteiger partial charge is 0.494 e. The molecule has 1 aliphatic carbocycles. The second-order valence-corrected chi connectivity index (χ2v) is 5.79. The maximum atomic E-state index is 11.9. The molecule has 1 N–H and O–H groups in total. The van der Waals surface area contributed by atoms with Gasteiger partial charge in [-0.05, 0) is 56.4 Å². The monoisotopic (exact) mass is 306 g/mol. The molecule has 1 saturated carbocycles. The fourth-order valence-electron chi connectivity index (χ4n) is 2.53. The molecule has 0 radical (unpaired) electrons. The van der Waals surface area contributed by atoms with Crippen LogP contribution in [0.1, 0.15) is 38.5 Å². The van der Waals surface area contributed by atoms with Gasteiger partial charge in [0.2, 0.25) is 5.91 Å². The Morgan fingerprint density at radius 2 is 2.00 bits per heavy atom. The Balaban J connectivity index is 1.67. The number of amides is 1. The smallest absolute Gasteiger partial charge is 0.221 e. The molecule has 2 rings (SSSR count).